The van der Waals surface area contributed by atoms with Crippen molar-refractivity contribution in [2.45, 2.75) is 19.9 Å². The quantitative estimate of drug-likeness (QED) is 0.155. The Bertz CT molecular complexity index is 1320. The number of carbonyl (C=O) groups is 3. The molecule has 1 aliphatic heterocycles. The van der Waals surface area contributed by atoms with Gasteiger partial charge in [-0.1, -0.05) is 6.07 Å². The summed E-state index contributed by atoms with van der Waals surface area (Å²) in [7, 11) is 1.39. The number of hydrazone groups is 1. The van der Waals surface area contributed by atoms with E-state index < -0.39 is 35.5 Å². The van der Waals surface area contributed by atoms with E-state index in [1.165, 1.54) is 13.2 Å². The Morgan fingerprint density at radius 1 is 1.24 bits per heavy atom. The molecule has 3 rings (SSSR count). The van der Waals surface area contributed by atoms with Crippen LogP contribution >= 0.6 is 0 Å². The number of nitro benzene ring substituents is 1. The average Bonchev–Trinajstić information content (AvgIpc) is 2.87. The predicted molar refractivity (Wildman–Crippen MR) is 133 cm³/mol. The normalized spacial score (nSPS) is 14.9. The van der Waals surface area contributed by atoms with Crippen LogP contribution in [0.15, 0.2) is 52.8 Å². The van der Waals surface area contributed by atoms with Gasteiger partial charge in [0.2, 0.25) is 0 Å². The summed E-state index contributed by atoms with van der Waals surface area (Å²) >= 11 is 0. The molecule has 0 bridgehead atoms. The lowest BCUT2D eigenvalue weighted by molar-refractivity contribution is -0.384. The molecule has 0 saturated carbocycles. The molecule has 3 amide bonds. The number of aromatic hydroxyl groups is 1. The van der Waals surface area contributed by atoms with Crippen LogP contribution in [0.25, 0.3) is 0 Å². The van der Waals surface area contributed by atoms with E-state index in [2.05, 4.69) is 21.2 Å². The predicted octanol–water partition coefficient (Wildman–Crippen LogP) is 2.03. The minimum absolute atomic E-state index is 0.0363. The van der Waals surface area contributed by atoms with Gasteiger partial charge in [0.15, 0.2) is 18.1 Å². The first-order valence-corrected chi connectivity index (χ1v) is 11.2. The Morgan fingerprint density at radius 2 is 2.00 bits per heavy atom. The third-order valence-corrected chi connectivity index (χ3v) is 5.26. The first-order chi connectivity index (χ1) is 18.1. The number of nitrogens with one attached hydrogen (secondary N) is 3. The molecule has 14 nitrogen and oxygen atoms in total. The molecule has 0 aliphatic carbocycles. The van der Waals surface area contributed by atoms with Gasteiger partial charge >= 0.3 is 12.0 Å². The van der Waals surface area contributed by atoms with Gasteiger partial charge in [-0.25, -0.2) is 15.0 Å². The van der Waals surface area contributed by atoms with Gasteiger partial charge in [0.05, 0.1) is 36.5 Å². The van der Waals surface area contributed by atoms with Crippen molar-refractivity contribution in [1.82, 2.24) is 16.1 Å². The first-order valence-electron chi connectivity index (χ1n) is 11.2. The molecule has 0 radical (unpaired) electrons. The van der Waals surface area contributed by atoms with Crippen LogP contribution in [0.4, 0.5) is 10.5 Å². The number of methoxy groups -OCH3 is 1. The number of urea groups is 1. The molecular weight excluding hydrogens is 502 g/mol. The number of hydrogen-bond donors (Lipinski definition) is 4. The number of benzene rings is 2. The van der Waals surface area contributed by atoms with Crippen LogP contribution in [-0.2, 0) is 14.3 Å². The van der Waals surface area contributed by atoms with Crippen molar-refractivity contribution in [3.63, 3.8) is 0 Å². The standard InChI is InChI=1S/C24H25N5O9/c1-4-37-23(32)21-13(2)26-24(33)27-22(21)14-5-8-18(19(10-14)36-3)38-12-20(31)28-25-11-15-9-16(29(34)35)6-7-17(15)30/h5-11,22,30H,4,12H2,1-3H3,(H,28,31)(H2,26,27,33)/b25-11-/t22-/m0/s1. The van der Waals surface area contributed by atoms with Gasteiger partial charge in [0.25, 0.3) is 11.6 Å². The number of ether oxygens (including phenoxy) is 3. The summed E-state index contributed by atoms with van der Waals surface area (Å²) in [5, 5.41) is 29.6. The lowest BCUT2D eigenvalue weighted by Gasteiger charge is -2.28. The number of amides is 3. The largest absolute Gasteiger partial charge is 0.507 e. The molecule has 0 aromatic heterocycles. The summed E-state index contributed by atoms with van der Waals surface area (Å²) in [5.41, 5.74) is 3.07. The van der Waals surface area contributed by atoms with E-state index in [9.17, 15) is 29.6 Å². The van der Waals surface area contributed by atoms with Crippen LogP contribution in [0.3, 0.4) is 0 Å². The Morgan fingerprint density at radius 3 is 2.68 bits per heavy atom. The summed E-state index contributed by atoms with van der Waals surface area (Å²) in [6.45, 7) is 2.95. The molecule has 0 unspecified atom stereocenters. The number of nitrogens with zero attached hydrogens (tertiary/aromatic N) is 2. The molecule has 2 aromatic rings. The van der Waals surface area contributed by atoms with Crippen LogP contribution in [-0.4, -0.2) is 54.5 Å². The Balaban J connectivity index is 1.69. The van der Waals surface area contributed by atoms with Crippen molar-refractivity contribution in [3.8, 4) is 17.2 Å². The molecule has 1 aliphatic rings. The summed E-state index contributed by atoms with van der Waals surface area (Å²) in [6, 6.07) is 6.74. The number of non-ortho nitro benzene ring substituents is 1. The van der Waals surface area contributed by atoms with Gasteiger partial charge in [-0.05, 0) is 37.6 Å². The fourth-order valence-corrected chi connectivity index (χ4v) is 3.51. The molecule has 2 aromatic carbocycles. The van der Waals surface area contributed by atoms with Gasteiger partial charge in [-0.2, -0.15) is 5.10 Å². The number of allylic oxidation sites excluding steroid dienone is 1. The van der Waals surface area contributed by atoms with Crippen LogP contribution in [0.2, 0.25) is 0 Å². The molecule has 0 spiro atoms. The third-order valence-electron chi connectivity index (χ3n) is 5.26. The zero-order valence-electron chi connectivity index (χ0n) is 20.6. The monoisotopic (exact) mass is 527 g/mol. The second-order valence-corrected chi connectivity index (χ2v) is 7.78. The SMILES string of the molecule is CCOC(=O)C1=C(C)NC(=O)N[C@H]1c1ccc(OCC(=O)N/N=C\c2cc([N+](=O)[O-])ccc2O)c(OC)c1. The zero-order valence-corrected chi connectivity index (χ0v) is 20.6. The van der Waals surface area contributed by atoms with Crippen molar-refractivity contribution in [3.05, 3.63) is 68.9 Å². The topological polar surface area (TPSA) is 191 Å². The smallest absolute Gasteiger partial charge is 0.338 e. The fraction of sp³-hybridized carbons (Fsp3) is 0.250. The number of nitro groups is 1. The van der Waals surface area contributed by atoms with Gasteiger partial charge in [0, 0.05) is 23.4 Å². The number of carbonyl (C=O) groups excluding carboxylic acids is 3. The number of rotatable bonds is 10. The summed E-state index contributed by atoms with van der Waals surface area (Å²) < 4.78 is 16.0. The Labute approximate surface area is 216 Å². The van der Waals surface area contributed by atoms with Crippen LogP contribution < -0.4 is 25.5 Å². The second-order valence-electron chi connectivity index (χ2n) is 7.78. The lowest BCUT2D eigenvalue weighted by atomic mass is 9.95. The number of phenols is 1. The highest BCUT2D eigenvalue weighted by molar-refractivity contribution is 5.95. The van der Waals surface area contributed by atoms with Gasteiger partial charge in [-0.15, -0.1) is 0 Å². The summed E-state index contributed by atoms with van der Waals surface area (Å²) in [4.78, 5) is 47.0. The molecular formula is C24H25N5O9. The van der Waals surface area contributed by atoms with E-state index in [0.717, 1.165) is 24.4 Å². The van der Waals surface area contributed by atoms with Crippen molar-refractivity contribution >= 4 is 29.8 Å². The van der Waals surface area contributed by atoms with E-state index in [1.54, 1.807) is 26.0 Å². The Hall–Kier alpha value is -5.14. The molecule has 0 fully saturated rings. The molecule has 0 saturated heterocycles. The molecule has 1 atom stereocenters. The van der Waals surface area contributed by atoms with Crippen molar-refractivity contribution in [2.24, 2.45) is 5.10 Å². The molecule has 14 heteroatoms. The van der Waals surface area contributed by atoms with E-state index in [1.807, 2.05) is 0 Å². The maximum absolute atomic E-state index is 12.5. The lowest BCUT2D eigenvalue weighted by Crippen LogP contribution is -2.45. The summed E-state index contributed by atoms with van der Waals surface area (Å²) in [5.74, 6) is -1.07. The van der Waals surface area contributed by atoms with E-state index in [-0.39, 0.29) is 40.7 Å². The zero-order chi connectivity index (χ0) is 27.8. The first kappa shape index (κ1) is 27.4. The molecule has 4 N–H and O–H groups in total. The van der Waals surface area contributed by atoms with Gasteiger partial charge in [0.1, 0.15) is 5.75 Å². The van der Waals surface area contributed by atoms with E-state index in [4.69, 9.17) is 14.2 Å². The molecule has 38 heavy (non-hydrogen) atoms. The second kappa shape index (κ2) is 12.2. The number of phenolic OH excluding ortho intramolecular Hbond substituents is 1. The highest BCUT2D eigenvalue weighted by Gasteiger charge is 2.32. The molecule has 1 heterocycles. The molecule has 200 valence electrons. The van der Waals surface area contributed by atoms with Gasteiger partial charge in [-0.3, -0.25) is 14.9 Å². The average molecular weight is 527 g/mol. The van der Waals surface area contributed by atoms with Gasteiger partial charge < -0.3 is 30.0 Å². The van der Waals surface area contributed by atoms with Crippen molar-refractivity contribution in [1.29, 1.82) is 0 Å². The minimum atomic E-state index is -0.811. The highest BCUT2D eigenvalue weighted by atomic mass is 16.6. The number of hydrogen-bond acceptors (Lipinski definition) is 10. The van der Waals surface area contributed by atoms with Crippen LogP contribution in [0.1, 0.15) is 31.0 Å². The summed E-state index contributed by atoms with van der Waals surface area (Å²) in [6.07, 6.45) is 1.06. The van der Waals surface area contributed by atoms with Crippen molar-refractivity contribution < 1.29 is 38.6 Å². The van der Waals surface area contributed by atoms with Crippen LogP contribution in [0.5, 0.6) is 17.2 Å². The highest BCUT2D eigenvalue weighted by Crippen LogP contribution is 2.34. The van der Waals surface area contributed by atoms with E-state index in [0.29, 0.717) is 11.3 Å². The maximum Gasteiger partial charge on any atom is 0.338 e. The minimum Gasteiger partial charge on any atom is -0.507 e. The fourth-order valence-electron chi connectivity index (χ4n) is 3.51. The van der Waals surface area contributed by atoms with Crippen molar-refractivity contribution in [2.75, 3.05) is 20.3 Å². The number of esters is 1. The Kier molecular flexibility index (Phi) is 8.82. The third kappa shape index (κ3) is 6.54. The van der Waals surface area contributed by atoms with E-state index >= 15 is 0 Å². The maximum atomic E-state index is 12.5. The van der Waals surface area contributed by atoms with Crippen LogP contribution in [0, 0.1) is 10.1 Å².